The van der Waals surface area contributed by atoms with Crippen LogP contribution < -0.4 is 5.32 Å². The summed E-state index contributed by atoms with van der Waals surface area (Å²) in [4.78, 5) is 12.1. The van der Waals surface area contributed by atoms with Gasteiger partial charge in [0, 0.05) is 19.2 Å². The van der Waals surface area contributed by atoms with E-state index < -0.39 is 5.60 Å². The molecule has 0 fully saturated rings. The molecule has 0 spiro atoms. The van der Waals surface area contributed by atoms with Gasteiger partial charge in [0.2, 0.25) is 5.91 Å². The zero-order valence-electron chi connectivity index (χ0n) is 13.9. The second kappa shape index (κ2) is 8.04. The van der Waals surface area contributed by atoms with Crippen LogP contribution in [0.3, 0.4) is 0 Å². The van der Waals surface area contributed by atoms with Crippen LogP contribution in [0.2, 0.25) is 0 Å². The first kappa shape index (κ1) is 18.1. The van der Waals surface area contributed by atoms with Gasteiger partial charge in [0.15, 0.2) is 0 Å². The molecule has 0 saturated heterocycles. The summed E-state index contributed by atoms with van der Waals surface area (Å²) in [5.74, 6) is -0.611. The van der Waals surface area contributed by atoms with Gasteiger partial charge in [0.1, 0.15) is 5.82 Å². The van der Waals surface area contributed by atoms with Crippen molar-refractivity contribution < 1.29 is 19.0 Å². The monoisotopic (exact) mass is 331 g/mol. The van der Waals surface area contributed by atoms with Gasteiger partial charge in [0.25, 0.3) is 0 Å². The molecule has 0 bridgehead atoms. The zero-order chi connectivity index (χ0) is 17.6. The number of hydrogen-bond donors (Lipinski definition) is 2. The van der Waals surface area contributed by atoms with E-state index in [1.165, 1.54) is 13.2 Å². The van der Waals surface area contributed by atoms with Gasteiger partial charge in [-0.15, -0.1) is 0 Å². The lowest BCUT2D eigenvalue weighted by atomic mass is 9.92. The molecule has 1 unspecified atom stereocenters. The second-order valence-electron chi connectivity index (χ2n) is 5.95. The Balaban J connectivity index is 1.95. The third-order valence-corrected chi connectivity index (χ3v) is 3.80. The molecule has 5 heteroatoms. The number of carbonyl (C=O) groups excluding carboxylic acids is 1. The second-order valence-corrected chi connectivity index (χ2v) is 5.95. The quantitative estimate of drug-likeness (QED) is 0.820. The van der Waals surface area contributed by atoms with Crippen LogP contribution in [0, 0.1) is 5.82 Å². The summed E-state index contributed by atoms with van der Waals surface area (Å²) in [6.45, 7) is 2.05. The van der Waals surface area contributed by atoms with Gasteiger partial charge in [-0.2, -0.15) is 0 Å². The van der Waals surface area contributed by atoms with Crippen LogP contribution in [0.15, 0.2) is 48.5 Å². The van der Waals surface area contributed by atoms with Gasteiger partial charge < -0.3 is 15.2 Å². The number of ether oxygens (including phenoxy) is 1. The molecule has 0 aliphatic heterocycles. The largest absolute Gasteiger partial charge is 0.385 e. The fourth-order valence-electron chi connectivity index (χ4n) is 2.48. The molecule has 4 nitrogen and oxygen atoms in total. The van der Waals surface area contributed by atoms with E-state index >= 15 is 0 Å². The van der Waals surface area contributed by atoms with E-state index in [1.54, 1.807) is 31.2 Å². The standard InChI is InChI=1S/C19H22FNO3/c1-19(23,16-6-4-3-5-7-16)11-18(22)21-12-14-8-9-17(20)15(10-14)13-24-2/h3-10,23H,11-13H2,1-2H3,(H,21,22). The number of amides is 1. The molecule has 0 heterocycles. The van der Waals surface area contributed by atoms with Gasteiger partial charge >= 0.3 is 0 Å². The van der Waals surface area contributed by atoms with E-state index in [0.29, 0.717) is 11.1 Å². The Morgan fingerprint density at radius 3 is 2.62 bits per heavy atom. The van der Waals surface area contributed by atoms with Crippen LogP contribution in [0.4, 0.5) is 4.39 Å². The Labute approximate surface area is 141 Å². The minimum atomic E-state index is -1.24. The lowest BCUT2D eigenvalue weighted by Crippen LogP contribution is -2.32. The molecule has 1 amide bonds. The zero-order valence-corrected chi connectivity index (χ0v) is 13.9. The first-order valence-electron chi connectivity index (χ1n) is 7.73. The lowest BCUT2D eigenvalue weighted by molar-refractivity contribution is -0.126. The number of hydrogen-bond acceptors (Lipinski definition) is 3. The first-order chi connectivity index (χ1) is 11.4. The Morgan fingerprint density at radius 1 is 1.25 bits per heavy atom. The predicted molar refractivity (Wildman–Crippen MR) is 89.6 cm³/mol. The van der Waals surface area contributed by atoms with E-state index in [2.05, 4.69) is 5.32 Å². The topological polar surface area (TPSA) is 58.6 Å². The summed E-state index contributed by atoms with van der Waals surface area (Å²) in [5, 5.41) is 13.2. The van der Waals surface area contributed by atoms with Gasteiger partial charge in [-0.25, -0.2) is 4.39 Å². The average molecular weight is 331 g/mol. The number of carbonyl (C=O) groups is 1. The average Bonchev–Trinajstić information content (AvgIpc) is 2.56. The fraction of sp³-hybridized carbons (Fsp3) is 0.316. The Kier molecular flexibility index (Phi) is 6.06. The maximum absolute atomic E-state index is 13.6. The van der Waals surface area contributed by atoms with Crippen LogP contribution in [0.1, 0.15) is 30.0 Å². The van der Waals surface area contributed by atoms with E-state index in [-0.39, 0.29) is 31.3 Å². The highest BCUT2D eigenvalue weighted by Gasteiger charge is 2.26. The molecule has 24 heavy (non-hydrogen) atoms. The number of rotatable bonds is 7. The van der Waals surface area contributed by atoms with Crippen molar-refractivity contribution in [2.24, 2.45) is 0 Å². The van der Waals surface area contributed by atoms with Crippen molar-refractivity contribution in [1.82, 2.24) is 5.32 Å². The summed E-state index contributed by atoms with van der Waals surface area (Å²) >= 11 is 0. The molecule has 0 aliphatic rings. The van der Waals surface area contributed by atoms with Crippen molar-refractivity contribution in [2.45, 2.75) is 32.1 Å². The summed E-state index contributed by atoms with van der Waals surface area (Å²) in [7, 11) is 1.50. The SMILES string of the molecule is COCc1cc(CNC(=O)CC(C)(O)c2ccccc2)ccc1F. The fourth-order valence-corrected chi connectivity index (χ4v) is 2.48. The minimum Gasteiger partial charge on any atom is -0.385 e. The van der Waals surface area contributed by atoms with Crippen LogP contribution in [-0.4, -0.2) is 18.1 Å². The highest BCUT2D eigenvalue weighted by atomic mass is 19.1. The number of benzene rings is 2. The molecular weight excluding hydrogens is 309 g/mol. The van der Waals surface area contributed by atoms with Crippen molar-refractivity contribution >= 4 is 5.91 Å². The maximum atomic E-state index is 13.6. The molecule has 2 rings (SSSR count). The number of nitrogens with one attached hydrogen (secondary N) is 1. The van der Waals surface area contributed by atoms with E-state index in [4.69, 9.17) is 4.74 Å². The Bertz CT molecular complexity index is 686. The summed E-state index contributed by atoms with van der Waals surface area (Å²) in [6, 6.07) is 13.7. The minimum absolute atomic E-state index is 0.0524. The number of halogens is 1. The third kappa shape index (κ3) is 4.88. The molecule has 0 saturated carbocycles. The normalized spacial score (nSPS) is 13.3. The molecule has 2 aromatic carbocycles. The van der Waals surface area contributed by atoms with Crippen LogP contribution in [-0.2, 0) is 28.3 Å². The summed E-state index contributed by atoms with van der Waals surface area (Å²) < 4.78 is 18.5. The molecule has 1 atom stereocenters. The van der Waals surface area contributed by atoms with Gasteiger partial charge in [-0.3, -0.25) is 4.79 Å². The molecule has 0 radical (unpaired) electrons. The summed E-state index contributed by atoms with van der Waals surface area (Å²) in [5.41, 5.74) is 0.663. The number of aliphatic hydroxyl groups is 1. The first-order valence-corrected chi connectivity index (χ1v) is 7.73. The van der Waals surface area contributed by atoms with Crippen molar-refractivity contribution in [3.63, 3.8) is 0 Å². The molecular formula is C19H22FNO3. The highest BCUT2D eigenvalue weighted by molar-refractivity contribution is 5.77. The van der Waals surface area contributed by atoms with Crippen molar-refractivity contribution in [1.29, 1.82) is 0 Å². The predicted octanol–water partition coefficient (Wildman–Crippen LogP) is 2.89. The van der Waals surface area contributed by atoms with Gasteiger partial charge in [-0.1, -0.05) is 36.4 Å². The molecule has 0 aliphatic carbocycles. The maximum Gasteiger partial charge on any atom is 0.223 e. The van der Waals surface area contributed by atoms with Gasteiger partial charge in [0.05, 0.1) is 18.6 Å². The molecule has 2 aromatic rings. The highest BCUT2D eigenvalue weighted by Crippen LogP contribution is 2.24. The van der Waals surface area contributed by atoms with Gasteiger partial charge in [-0.05, 0) is 30.2 Å². The summed E-state index contributed by atoms with van der Waals surface area (Å²) in [6.07, 6.45) is -0.0524. The Hall–Kier alpha value is -2.24. The van der Waals surface area contributed by atoms with E-state index in [9.17, 15) is 14.3 Å². The van der Waals surface area contributed by atoms with E-state index in [1.807, 2.05) is 18.2 Å². The molecule has 128 valence electrons. The smallest absolute Gasteiger partial charge is 0.223 e. The lowest BCUT2D eigenvalue weighted by Gasteiger charge is -2.23. The van der Waals surface area contributed by atoms with Crippen LogP contribution >= 0.6 is 0 Å². The molecule has 0 aromatic heterocycles. The van der Waals surface area contributed by atoms with Crippen LogP contribution in [0.5, 0.6) is 0 Å². The van der Waals surface area contributed by atoms with Crippen LogP contribution in [0.25, 0.3) is 0 Å². The van der Waals surface area contributed by atoms with Crippen molar-refractivity contribution in [3.8, 4) is 0 Å². The van der Waals surface area contributed by atoms with Crippen molar-refractivity contribution in [2.75, 3.05) is 7.11 Å². The van der Waals surface area contributed by atoms with E-state index in [0.717, 1.165) is 5.56 Å². The molecule has 2 N–H and O–H groups in total. The number of methoxy groups -OCH3 is 1. The Morgan fingerprint density at radius 2 is 1.96 bits per heavy atom. The third-order valence-electron chi connectivity index (χ3n) is 3.80. The van der Waals surface area contributed by atoms with Crippen molar-refractivity contribution in [3.05, 3.63) is 71.0 Å².